The van der Waals surface area contributed by atoms with Crippen molar-refractivity contribution in [3.63, 3.8) is 0 Å². The number of nitrogens with zero attached hydrogens (tertiary/aromatic N) is 2. The number of alkyl halides is 3. The SMILES string of the molecule is CCc1nc2ccc(Br)cn2c1C(=O)NCc1ccc(OC(F)(F)F)cc1. The van der Waals surface area contributed by atoms with Crippen LogP contribution in [0.2, 0.25) is 0 Å². The summed E-state index contributed by atoms with van der Waals surface area (Å²) < 4.78 is 42.9. The number of hydrogen-bond donors (Lipinski definition) is 1. The summed E-state index contributed by atoms with van der Waals surface area (Å²) >= 11 is 3.38. The Balaban J connectivity index is 1.74. The van der Waals surface area contributed by atoms with Gasteiger partial charge in [-0.25, -0.2) is 4.98 Å². The van der Waals surface area contributed by atoms with Crippen molar-refractivity contribution in [3.8, 4) is 5.75 Å². The number of imidazole rings is 1. The van der Waals surface area contributed by atoms with E-state index < -0.39 is 6.36 Å². The van der Waals surface area contributed by atoms with E-state index >= 15 is 0 Å². The first-order valence-corrected chi connectivity index (χ1v) is 8.85. The van der Waals surface area contributed by atoms with Crippen LogP contribution in [0.15, 0.2) is 47.1 Å². The van der Waals surface area contributed by atoms with Crippen molar-refractivity contribution < 1.29 is 22.7 Å². The number of aryl methyl sites for hydroxylation is 1. The summed E-state index contributed by atoms with van der Waals surface area (Å²) in [6, 6.07) is 8.99. The molecule has 27 heavy (non-hydrogen) atoms. The quantitative estimate of drug-likeness (QED) is 0.634. The molecule has 9 heteroatoms. The van der Waals surface area contributed by atoms with Gasteiger partial charge < -0.3 is 10.1 Å². The van der Waals surface area contributed by atoms with Crippen molar-refractivity contribution in [2.24, 2.45) is 0 Å². The number of pyridine rings is 1. The van der Waals surface area contributed by atoms with Crippen molar-refractivity contribution in [1.82, 2.24) is 14.7 Å². The predicted octanol–water partition coefficient (Wildman–Crippen LogP) is 4.49. The van der Waals surface area contributed by atoms with Crippen LogP contribution in [0.25, 0.3) is 5.65 Å². The van der Waals surface area contributed by atoms with Crippen LogP contribution in [0, 0.1) is 0 Å². The summed E-state index contributed by atoms with van der Waals surface area (Å²) in [5, 5.41) is 2.78. The molecule has 0 unspecified atom stereocenters. The van der Waals surface area contributed by atoms with Crippen LogP contribution in [-0.2, 0) is 13.0 Å². The molecule has 1 aromatic carbocycles. The standard InChI is InChI=1S/C18H15BrF3N3O2/c1-2-14-16(25-10-12(19)5-8-15(25)24-14)17(26)23-9-11-3-6-13(7-4-11)27-18(20,21)22/h3-8,10H,2,9H2,1H3,(H,23,26). The van der Waals surface area contributed by atoms with Gasteiger partial charge in [0.05, 0.1) is 5.69 Å². The number of nitrogens with one attached hydrogen (secondary N) is 1. The smallest absolute Gasteiger partial charge is 0.406 e. The van der Waals surface area contributed by atoms with Crippen LogP contribution in [-0.4, -0.2) is 21.7 Å². The van der Waals surface area contributed by atoms with E-state index in [1.165, 1.54) is 24.3 Å². The van der Waals surface area contributed by atoms with Crippen LogP contribution in [0.5, 0.6) is 5.75 Å². The average Bonchev–Trinajstić information content (AvgIpc) is 2.97. The number of carbonyl (C=O) groups is 1. The molecule has 0 spiro atoms. The summed E-state index contributed by atoms with van der Waals surface area (Å²) in [4.78, 5) is 17.1. The molecule has 0 atom stereocenters. The Hall–Kier alpha value is -2.55. The van der Waals surface area contributed by atoms with Crippen molar-refractivity contribution >= 4 is 27.5 Å². The number of carbonyl (C=O) groups excluding carboxylic acids is 1. The van der Waals surface area contributed by atoms with Gasteiger partial charge in [0, 0.05) is 17.2 Å². The maximum absolute atomic E-state index is 12.7. The van der Waals surface area contributed by atoms with Crippen molar-refractivity contribution in [3.05, 3.63) is 64.0 Å². The van der Waals surface area contributed by atoms with E-state index in [1.807, 2.05) is 13.0 Å². The predicted molar refractivity (Wildman–Crippen MR) is 96.6 cm³/mol. The minimum atomic E-state index is -4.73. The van der Waals surface area contributed by atoms with Crippen LogP contribution in [0.1, 0.15) is 28.7 Å². The number of rotatable bonds is 5. The lowest BCUT2D eigenvalue weighted by Crippen LogP contribution is -2.25. The minimum absolute atomic E-state index is 0.162. The van der Waals surface area contributed by atoms with Crippen molar-refractivity contribution in [1.29, 1.82) is 0 Å². The molecule has 0 saturated heterocycles. The fourth-order valence-corrected chi connectivity index (χ4v) is 2.97. The number of hydrogen-bond acceptors (Lipinski definition) is 3. The molecule has 2 aromatic heterocycles. The second-order valence-electron chi connectivity index (χ2n) is 5.71. The number of halogens is 4. The van der Waals surface area contributed by atoms with E-state index in [9.17, 15) is 18.0 Å². The number of benzene rings is 1. The fraction of sp³-hybridized carbons (Fsp3) is 0.222. The third-order valence-corrected chi connectivity index (χ3v) is 4.28. The molecular formula is C18H15BrF3N3O2. The molecule has 3 aromatic rings. The lowest BCUT2D eigenvalue weighted by molar-refractivity contribution is -0.274. The van der Waals surface area contributed by atoms with Gasteiger partial charge in [-0.05, 0) is 52.2 Å². The second kappa shape index (κ2) is 7.59. The zero-order chi connectivity index (χ0) is 19.6. The van der Waals surface area contributed by atoms with E-state index in [0.29, 0.717) is 29.0 Å². The number of fused-ring (bicyclic) bond motifs is 1. The average molecular weight is 442 g/mol. The van der Waals surface area contributed by atoms with E-state index in [0.717, 1.165) is 4.47 Å². The van der Waals surface area contributed by atoms with Gasteiger partial charge in [0.2, 0.25) is 0 Å². The molecular weight excluding hydrogens is 427 g/mol. The molecule has 0 saturated carbocycles. The third kappa shape index (κ3) is 4.60. The lowest BCUT2D eigenvalue weighted by atomic mass is 10.2. The first-order valence-electron chi connectivity index (χ1n) is 8.06. The fourth-order valence-electron chi connectivity index (χ4n) is 2.63. The Labute approximate surface area is 161 Å². The van der Waals surface area contributed by atoms with Gasteiger partial charge in [0.15, 0.2) is 0 Å². The Kier molecular flexibility index (Phi) is 5.41. The molecule has 0 aliphatic carbocycles. The van der Waals surface area contributed by atoms with Gasteiger partial charge in [-0.2, -0.15) is 0 Å². The topological polar surface area (TPSA) is 55.6 Å². The lowest BCUT2D eigenvalue weighted by Gasteiger charge is -2.10. The Morgan fingerprint density at radius 2 is 1.93 bits per heavy atom. The number of ether oxygens (including phenoxy) is 1. The highest BCUT2D eigenvalue weighted by atomic mass is 79.9. The minimum Gasteiger partial charge on any atom is -0.406 e. The molecule has 1 N–H and O–H groups in total. The summed E-state index contributed by atoms with van der Waals surface area (Å²) in [5.74, 6) is -0.620. The van der Waals surface area contributed by atoms with E-state index in [-0.39, 0.29) is 18.2 Å². The zero-order valence-corrected chi connectivity index (χ0v) is 15.8. The van der Waals surface area contributed by atoms with Crippen LogP contribution >= 0.6 is 15.9 Å². The van der Waals surface area contributed by atoms with Crippen LogP contribution < -0.4 is 10.1 Å². The second-order valence-corrected chi connectivity index (χ2v) is 6.63. The molecule has 2 heterocycles. The number of aromatic nitrogens is 2. The van der Waals surface area contributed by atoms with Crippen LogP contribution in [0.4, 0.5) is 13.2 Å². The normalized spacial score (nSPS) is 11.6. The molecule has 3 rings (SSSR count). The molecule has 5 nitrogen and oxygen atoms in total. The van der Waals surface area contributed by atoms with Crippen molar-refractivity contribution in [2.45, 2.75) is 26.3 Å². The summed E-state index contributed by atoms with van der Waals surface area (Å²) in [6.45, 7) is 2.07. The van der Waals surface area contributed by atoms with Gasteiger partial charge in [-0.15, -0.1) is 13.2 Å². The molecule has 1 amide bonds. The first-order chi connectivity index (χ1) is 12.8. The summed E-state index contributed by atoms with van der Waals surface area (Å²) in [7, 11) is 0. The van der Waals surface area contributed by atoms with Crippen LogP contribution in [0.3, 0.4) is 0 Å². The molecule has 142 valence electrons. The summed E-state index contributed by atoms with van der Waals surface area (Å²) in [6.07, 6.45) is -2.38. The maximum Gasteiger partial charge on any atom is 0.573 e. The van der Waals surface area contributed by atoms with Gasteiger partial charge >= 0.3 is 6.36 Å². The molecule has 0 aliphatic rings. The van der Waals surface area contributed by atoms with Crippen molar-refractivity contribution in [2.75, 3.05) is 0 Å². The highest BCUT2D eigenvalue weighted by molar-refractivity contribution is 9.10. The first kappa shape index (κ1) is 19.2. The molecule has 0 aliphatic heterocycles. The van der Waals surface area contributed by atoms with E-state index in [4.69, 9.17) is 0 Å². The Morgan fingerprint density at radius 1 is 1.22 bits per heavy atom. The monoisotopic (exact) mass is 441 g/mol. The maximum atomic E-state index is 12.7. The highest BCUT2D eigenvalue weighted by Gasteiger charge is 2.30. The largest absolute Gasteiger partial charge is 0.573 e. The van der Waals surface area contributed by atoms with Gasteiger partial charge in [0.1, 0.15) is 17.1 Å². The molecule has 0 bridgehead atoms. The zero-order valence-electron chi connectivity index (χ0n) is 14.2. The van der Waals surface area contributed by atoms with E-state index in [2.05, 4.69) is 31.0 Å². The van der Waals surface area contributed by atoms with E-state index in [1.54, 1.807) is 16.7 Å². The summed E-state index contributed by atoms with van der Waals surface area (Å²) in [5.41, 5.74) is 2.41. The third-order valence-electron chi connectivity index (χ3n) is 3.81. The van der Waals surface area contributed by atoms with Gasteiger partial charge in [-0.1, -0.05) is 19.1 Å². The van der Waals surface area contributed by atoms with Gasteiger partial charge in [0.25, 0.3) is 5.91 Å². The highest BCUT2D eigenvalue weighted by Crippen LogP contribution is 2.23. The number of amides is 1. The Bertz CT molecular complexity index is 968. The molecule has 0 fully saturated rings. The Morgan fingerprint density at radius 3 is 2.56 bits per heavy atom. The molecule has 0 radical (unpaired) electrons. The van der Waals surface area contributed by atoms with Gasteiger partial charge in [-0.3, -0.25) is 9.20 Å².